The number of nitrogens with zero attached hydrogens (tertiary/aromatic N) is 1. The summed E-state index contributed by atoms with van der Waals surface area (Å²) in [6.07, 6.45) is 2.35. The number of hydrogen-bond acceptors (Lipinski definition) is 4. The van der Waals surface area contributed by atoms with Crippen molar-refractivity contribution in [3.63, 3.8) is 0 Å². The van der Waals surface area contributed by atoms with E-state index in [-0.39, 0.29) is 0 Å². The number of nitrogens with one attached hydrogen (secondary N) is 1. The monoisotopic (exact) mass is 210 g/mol. The number of aliphatic hydroxyl groups is 1. The molecule has 84 valence electrons. The van der Waals surface area contributed by atoms with E-state index < -0.39 is 5.60 Å². The molecular formula is C11H18N2O2. The molecule has 4 heteroatoms. The van der Waals surface area contributed by atoms with Gasteiger partial charge in [0.05, 0.1) is 18.9 Å². The van der Waals surface area contributed by atoms with Gasteiger partial charge in [0, 0.05) is 6.54 Å². The summed E-state index contributed by atoms with van der Waals surface area (Å²) in [5.41, 5.74) is -0.693. The molecule has 4 nitrogen and oxygen atoms in total. The number of methoxy groups -OCH3 is 1. The van der Waals surface area contributed by atoms with E-state index in [4.69, 9.17) is 4.74 Å². The Morgan fingerprint density at radius 3 is 2.73 bits per heavy atom. The second kappa shape index (κ2) is 4.98. The molecule has 1 atom stereocenters. The highest BCUT2D eigenvalue weighted by atomic mass is 16.5. The van der Waals surface area contributed by atoms with E-state index in [1.165, 1.54) is 0 Å². The van der Waals surface area contributed by atoms with Gasteiger partial charge in [-0.3, -0.25) is 0 Å². The number of aromatic nitrogens is 1. The van der Waals surface area contributed by atoms with Gasteiger partial charge in [0.25, 0.3) is 0 Å². The summed E-state index contributed by atoms with van der Waals surface area (Å²) >= 11 is 0. The van der Waals surface area contributed by atoms with Gasteiger partial charge >= 0.3 is 0 Å². The van der Waals surface area contributed by atoms with E-state index in [0.29, 0.717) is 13.0 Å². The van der Waals surface area contributed by atoms with Gasteiger partial charge in [-0.15, -0.1) is 0 Å². The first-order chi connectivity index (χ1) is 7.07. The van der Waals surface area contributed by atoms with Crippen molar-refractivity contribution in [2.24, 2.45) is 0 Å². The maximum atomic E-state index is 9.77. The average molecular weight is 210 g/mol. The minimum Gasteiger partial charge on any atom is -0.495 e. The van der Waals surface area contributed by atoms with Crippen molar-refractivity contribution in [2.75, 3.05) is 19.0 Å². The molecule has 0 radical (unpaired) electrons. The van der Waals surface area contributed by atoms with Gasteiger partial charge in [-0.2, -0.15) is 0 Å². The van der Waals surface area contributed by atoms with Crippen LogP contribution in [0, 0.1) is 0 Å². The summed E-state index contributed by atoms with van der Waals surface area (Å²) in [7, 11) is 1.60. The van der Waals surface area contributed by atoms with Crippen molar-refractivity contribution in [2.45, 2.75) is 25.9 Å². The highest BCUT2D eigenvalue weighted by Crippen LogP contribution is 2.13. The summed E-state index contributed by atoms with van der Waals surface area (Å²) in [6, 6.07) is 3.65. The molecule has 1 heterocycles. The predicted molar refractivity (Wildman–Crippen MR) is 60.2 cm³/mol. The normalized spacial score (nSPS) is 14.4. The minimum atomic E-state index is -0.693. The minimum absolute atomic E-state index is 0.489. The Kier molecular flexibility index (Phi) is 3.91. The molecule has 0 aliphatic carbocycles. The lowest BCUT2D eigenvalue weighted by Gasteiger charge is -2.21. The van der Waals surface area contributed by atoms with Crippen LogP contribution in [0.15, 0.2) is 18.3 Å². The molecule has 0 fully saturated rings. The molecule has 0 spiro atoms. The zero-order valence-electron chi connectivity index (χ0n) is 9.45. The fraction of sp³-hybridized carbons (Fsp3) is 0.545. The van der Waals surface area contributed by atoms with Crippen molar-refractivity contribution in [3.8, 4) is 5.75 Å². The standard InChI is InChI=1S/C11H18N2O2/c1-4-11(2,14)8-13-10-6-5-9(15-3)7-12-10/h5-7,14H,4,8H2,1-3H3,(H,12,13). The first kappa shape index (κ1) is 11.8. The van der Waals surface area contributed by atoms with Crippen LogP contribution in [-0.4, -0.2) is 29.3 Å². The molecular weight excluding hydrogens is 192 g/mol. The van der Waals surface area contributed by atoms with Crippen LogP contribution in [0.25, 0.3) is 0 Å². The Morgan fingerprint density at radius 2 is 2.27 bits per heavy atom. The quantitative estimate of drug-likeness (QED) is 0.776. The van der Waals surface area contributed by atoms with Crippen LogP contribution >= 0.6 is 0 Å². The number of ether oxygens (including phenoxy) is 1. The number of rotatable bonds is 5. The molecule has 0 aliphatic heterocycles. The third kappa shape index (κ3) is 3.75. The summed E-state index contributed by atoms with van der Waals surface area (Å²) in [6.45, 7) is 4.23. The Morgan fingerprint density at radius 1 is 1.53 bits per heavy atom. The molecule has 2 N–H and O–H groups in total. The molecule has 0 saturated carbocycles. The van der Waals surface area contributed by atoms with Gasteiger partial charge < -0.3 is 15.2 Å². The topological polar surface area (TPSA) is 54.4 Å². The van der Waals surface area contributed by atoms with E-state index in [0.717, 1.165) is 11.6 Å². The Hall–Kier alpha value is -1.29. The smallest absolute Gasteiger partial charge is 0.137 e. The molecule has 0 bridgehead atoms. The first-order valence-electron chi connectivity index (χ1n) is 5.03. The molecule has 0 aromatic carbocycles. The van der Waals surface area contributed by atoms with Crippen molar-refractivity contribution >= 4 is 5.82 Å². The highest BCUT2D eigenvalue weighted by Gasteiger charge is 2.16. The van der Waals surface area contributed by atoms with E-state index in [9.17, 15) is 5.11 Å². The largest absolute Gasteiger partial charge is 0.495 e. The van der Waals surface area contributed by atoms with Gasteiger partial charge in [-0.25, -0.2) is 4.98 Å². The molecule has 1 rings (SSSR count). The van der Waals surface area contributed by atoms with Crippen molar-refractivity contribution < 1.29 is 9.84 Å². The van der Waals surface area contributed by atoms with Crippen LogP contribution in [-0.2, 0) is 0 Å². The lowest BCUT2D eigenvalue weighted by molar-refractivity contribution is 0.0696. The first-order valence-corrected chi connectivity index (χ1v) is 5.03. The van der Waals surface area contributed by atoms with Crippen LogP contribution in [0.3, 0.4) is 0 Å². The second-order valence-corrected chi connectivity index (χ2v) is 3.79. The van der Waals surface area contributed by atoms with Crippen LogP contribution in [0.1, 0.15) is 20.3 Å². The fourth-order valence-electron chi connectivity index (χ4n) is 1.01. The maximum Gasteiger partial charge on any atom is 0.137 e. The highest BCUT2D eigenvalue weighted by molar-refractivity contribution is 5.37. The van der Waals surface area contributed by atoms with Gasteiger partial charge in [0.2, 0.25) is 0 Å². The lowest BCUT2D eigenvalue weighted by atomic mass is 10.0. The molecule has 1 unspecified atom stereocenters. The van der Waals surface area contributed by atoms with Crippen molar-refractivity contribution in [1.82, 2.24) is 4.98 Å². The third-order valence-electron chi connectivity index (χ3n) is 2.38. The zero-order chi connectivity index (χ0) is 11.3. The maximum absolute atomic E-state index is 9.77. The van der Waals surface area contributed by atoms with Crippen LogP contribution in [0.4, 0.5) is 5.82 Å². The zero-order valence-corrected chi connectivity index (χ0v) is 9.45. The molecule has 1 aromatic rings. The Bertz CT molecular complexity index is 296. The summed E-state index contributed by atoms with van der Waals surface area (Å²) < 4.78 is 5.00. The van der Waals surface area contributed by atoms with E-state index in [2.05, 4.69) is 10.3 Å². The predicted octanol–water partition coefficient (Wildman–Crippen LogP) is 1.66. The van der Waals surface area contributed by atoms with Gasteiger partial charge in [0.1, 0.15) is 11.6 Å². The van der Waals surface area contributed by atoms with Crippen LogP contribution < -0.4 is 10.1 Å². The van der Waals surface area contributed by atoms with Crippen molar-refractivity contribution in [3.05, 3.63) is 18.3 Å². The molecule has 1 aromatic heterocycles. The summed E-state index contributed by atoms with van der Waals surface area (Å²) in [5, 5.41) is 12.8. The van der Waals surface area contributed by atoms with Crippen LogP contribution in [0.5, 0.6) is 5.75 Å². The van der Waals surface area contributed by atoms with Crippen LogP contribution in [0.2, 0.25) is 0 Å². The fourth-order valence-corrected chi connectivity index (χ4v) is 1.01. The number of pyridine rings is 1. The van der Waals surface area contributed by atoms with Gasteiger partial charge in [-0.05, 0) is 25.5 Å². The second-order valence-electron chi connectivity index (χ2n) is 3.79. The molecule has 0 saturated heterocycles. The number of anilines is 1. The molecule has 15 heavy (non-hydrogen) atoms. The number of hydrogen-bond donors (Lipinski definition) is 2. The average Bonchev–Trinajstić information content (AvgIpc) is 2.27. The Balaban J connectivity index is 2.51. The molecule has 0 amide bonds. The summed E-state index contributed by atoms with van der Waals surface area (Å²) in [4.78, 5) is 4.14. The van der Waals surface area contributed by atoms with Crippen molar-refractivity contribution in [1.29, 1.82) is 0 Å². The third-order valence-corrected chi connectivity index (χ3v) is 2.38. The lowest BCUT2D eigenvalue weighted by Crippen LogP contribution is -2.32. The summed E-state index contributed by atoms with van der Waals surface area (Å²) in [5.74, 6) is 1.47. The van der Waals surface area contributed by atoms with E-state index in [1.807, 2.05) is 19.1 Å². The molecule has 0 aliphatic rings. The van der Waals surface area contributed by atoms with E-state index in [1.54, 1.807) is 20.2 Å². The van der Waals surface area contributed by atoms with E-state index >= 15 is 0 Å². The Labute approximate surface area is 90.3 Å². The SMILES string of the molecule is CCC(C)(O)CNc1ccc(OC)cn1. The van der Waals surface area contributed by atoms with Gasteiger partial charge in [-0.1, -0.05) is 6.92 Å². The van der Waals surface area contributed by atoms with Gasteiger partial charge in [0.15, 0.2) is 0 Å².